The van der Waals surface area contributed by atoms with Crippen LogP contribution in [0.1, 0.15) is 16.1 Å². The zero-order chi connectivity index (χ0) is 11.5. The van der Waals surface area contributed by atoms with Crippen molar-refractivity contribution in [2.24, 2.45) is 5.73 Å². The summed E-state index contributed by atoms with van der Waals surface area (Å²) in [4.78, 5) is 19.3. The summed E-state index contributed by atoms with van der Waals surface area (Å²) in [7, 11) is 0. The summed E-state index contributed by atoms with van der Waals surface area (Å²) < 4.78 is 0. The van der Waals surface area contributed by atoms with E-state index in [0.717, 1.165) is 16.8 Å². The minimum Gasteiger partial charge on any atom is -0.364 e. The second-order valence-corrected chi connectivity index (χ2v) is 3.41. The van der Waals surface area contributed by atoms with Gasteiger partial charge in [-0.25, -0.2) is 0 Å². The molecule has 0 bridgehead atoms. The molecule has 0 aliphatic rings. The maximum Gasteiger partial charge on any atom is 0.267 e. The molecular weight excluding hydrogens is 202 g/mol. The minimum atomic E-state index is -0.518. The molecule has 0 aliphatic heterocycles. The van der Waals surface area contributed by atoms with Crippen molar-refractivity contribution in [1.29, 1.82) is 0 Å². The summed E-state index contributed by atoms with van der Waals surface area (Å²) in [6, 6.07) is 7.44. The Labute approximate surface area is 93.2 Å². The Kier molecular flexibility index (Phi) is 2.64. The van der Waals surface area contributed by atoms with Gasteiger partial charge in [-0.15, -0.1) is 0 Å². The molecule has 0 aromatic carbocycles. The molecule has 4 nitrogen and oxygen atoms in total. The van der Waals surface area contributed by atoms with Crippen molar-refractivity contribution in [1.82, 2.24) is 9.97 Å². The number of hydrogen-bond donors (Lipinski definition) is 1. The highest BCUT2D eigenvalue weighted by Gasteiger charge is 2.11. The lowest BCUT2D eigenvalue weighted by Gasteiger charge is -2.07. The van der Waals surface area contributed by atoms with Crippen LogP contribution in [0.2, 0.25) is 0 Å². The lowest BCUT2D eigenvalue weighted by Crippen LogP contribution is -2.15. The van der Waals surface area contributed by atoms with Crippen LogP contribution < -0.4 is 5.73 Å². The van der Waals surface area contributed by atoms with E-state index in [4.69, 9.17) is 5.73 Å². The number of carbonyl (C=O) groups excluding carboxylic acids is 1. The first-order chi connectivity index (χ1) is 7.70. The summed E-state index contributed by atoms with van der Waals surface area (Å²) >= 11 is 0. The van der Waals surface area contributed by atoms with Crippen LogP contribution in [-0.4, -0.2) is 15.9 Å². The van der Waals surface area contributed by atoms with E-state index in [1.165, 1.54) is 0 Å². The molecule has 0 saturated heterocycles. The highest BCUT2D eigenvalue weighted by molar-refractivity contribution is 5.94. The van der Waals surface area contributed by atoms with Gasteiger partial charge in [0.2, 0.25) is 0 Å². The van der Waals surface area contributed by atoms with E-state index in [1.54, 1.807) is 12.4 Å². The highest BCUT2D eigenvalue weighted by Crippen LogP contribution is 2.21. The average molecular weight is 213 g/mol. The van der Waals surface area contributed by atoms with E-state index in [-0.39, 0.29) is 0 Å². The van der Waals surface area contributed by atoms with Crippen molar-refractivity contribution in [3.05, 3.63) is 47.9 Å². The topological polar surface area (TPSA) is 68.9 Å². The molecule has 2 aromatic rings. The van der Waals surface area contributed by atoms with Crippen LogP contribution in [0.5, 0.6) is 0 Å². The van der Waals surface area contributed by atoms with E-state index in [9.17, 15) is 4.79 Å². The number of amides is 1. The van der Waals surface area contributed by atoms with Gasteiger partial charge in [-0.3, -0.25) is 14.8 Å². The third-order valence-electron chi connectivity index (χ3n) is 2.38. The molecule has 0 fully saturated rings. The maximum atomic E-state index is 11.1. The molecule has 0 spiro atoms. The quantitative estimate of drug-likeness (QED) is 0.822. The van der Waals surface area contributed by atoms with Crippen molar-refractivity contribution in [2.45, 2.75) is 6.92 Å². The summed E-state index contributed by atoms with van der Waals surface area (Å²) in [6.07, 6.45) is 3.27. The monoisotopic (exact) mass is 213 g/mol. The number of nitrogens with two attached hydrogens (primary N) is 1. The van der Waals surface area contributed by atoms with Gasteiger partial charge in [0.1, 0.15) is 5.69 Å². The summed E-state index contributed by atoms with van der Waals surface area (Å²) in [5, 5.41) is 0. The molecule has 0 saturated carbocycles. The summed E-state index contributed by atoms with van der Waals surface area (Å²) in [6.45, 7) is 1.82. The van der Waals surface area contributed by atoms with Crippen LogP contribution in [0.4, 0.5) is 0 Å². The molecule has 2 N–H and O–H groups in total. The van der Waals surface area contributed by atoms with E-state index < -0.39 is 5.91 Å². The maximum absolute atomic E-state index is 11.1. The van der Waals surface area contributed by atoms with Gasteiger partial charge in [0.15, 0.2) is 0 Å². The van der Waals surface area contributed by atoms with Crippen molar-refractivity contribution >= 4 is 5.91 Å². The lowest BCUT2D eigenvalue weighted by atomic mass is 10.0. The second kappa shape index (κ2) is 4.10. The minimum absolute atomic E-state index is 0.295. The Balaban J connectivity index is 2.59. The van der Waals surface area contributed by atoms with Gasteiger partial charge in [-0.1, -0.05) is 6.07 Å². The van der Waals surface area contributed by atoms with Crippen LogP contribution >= 0.6 is 0 Å². The first-order valence-corrected chi connectivity index (χ1v) is 4.87. The van der Waals surface area contributed by atoms with Crippen LogP contribution in [0.25, 0.3) is 11.3 Å². The fraction of sp³-hybridized carbons (Fsp3) is 0.0833. The van der Waals surface area contributed by atoms with Gasteiger partial charge >= 0.3 is 0 Å². The normalized spacial score (nSPS) is 10.1. The smallest absolute Gasteiger partial charge is 0.267 e. The van der Waals surface area contributed by atoms with Crippen LogP contribution in [0.15, 0.2) is 36.7 Å². The van der Waals surface area contributed by atoms with Crippen molar-refractivity contribution in [3.63, 3.8) is 0 Å². The Bertz CT molecular complexity index is 523. The number of aromatic nitrogens is 2. The van der Waals surface area contributed by atoms with Gasteiger partial charge in [0, 0.05) is 18.0 Å². The second-order valence-electron chi connectivity index (χ2n) is 3.41. The molecule has 0 radical (unpaired) electrons. The van der Waals surface area contributed by atoms with Crippen molar-refractivity contribution in [3.8, 4) is 11.3 Å². The lowest BCUT2D eigenvalue weighted by molar-refractivity contribution is 0.0995. The van der Waals surface area contributed by atoms with Gasteiger partial charge in [-0.2, -0.15) is 0 Å². The van der Waals surface area contributed by atoms with Gasteiger partial charge < -0.3 is 5.73 Å². The Morgan fingerprint density at radius 3 is 2.62 bits per heavy atom. The first kappa shape index (κ1) is 10.3. The fourth-order valence-electron chi connectivity index (χ4n) is 1.58. The Morgan fingerprint density at radius 1 is 1.19 bits per heavy atom. The standard InChI is InChI=1S/C12H11N3O/c1-8-9(10-4-2-3-6-14-10)5-7-15-11(8)12(13)16/h2-7H,1H3,(H2,13,16). The zero-order valence-corrected chi connectivity index (χ0v) is 8.84. The molecule has 0 atom stereocenters. The molecule has 16 heavy (non-hydrogen) atoms. The molecule has 0 unspecified atom stereocenters. The van der Waals surface area contributed by atoms with E-state index in [2.05, 4.69) is 9.97 Å². The molecule has 2 heterocycles. The van der Waals surface area contributed by atoms with Gasteiger partial charge in [0.05, 0.1) is 5.69 Å². The zero-order valence-electron chi connectivity index (χ0n) is 8.84. The number of rotatable bonds is 2. The summed E-state index contributed by atoms with van der Waals surface area (Å²) in [5.41, 5.74) is 7.98. The number of nitrogens with zero attached hydrogens (tertiary/aromatic N) is 2. The van der Waals surface area contributed by atoms with Gasteiger partial charge in [0.25, 0.3) is 5.91 Å². The molecule has 2 rings (SSSR count). The van der Waals surface area contributed by atoms with E-state index in [1.807, 2.05) is 31.2 Å². The molecule has 80 valence electrons. The van der Waals surface area contributed by atoms with Crippen molar-refractivity contribution < 1.29 is 4.79 Å². The number of primary amides is 1. The molecule has 0 aliphatic carbocycles. The van der Waals surface area contributed by atoms with E-state index in [0.29, 0.717) is 5.69 Å². The predicted molar refractivity (Wildman–Crippen MR) is 60.7 cm³/mol. The SMILES string of the molecule is Cc1c(-c2ccccn2)ccnc1C(N)=O. The summed E-state index contributed by atoms with van der Waals surface area (Å²) in [5.74, 6) is -0.518. The number of pyridine rings is 2. The predicted octanol–water partition coefficient (Wildman–Crippen LogP) is 1.55. The van der Waals surface area contributed by atoms with Crippen LogP contribution in [0.3, 0.4) is 0 Å². The average Bonchev–Trinajstić information content (AvgIpc) is 2.30. The molecule has 2 aromatic heterocycles. The van der Waals surface area contributed by atoms with Crippen molar-refractivity contribution in [2.75, 3.05) is 0 Å². The third-order valence-corrected chi connectivity index (χ3v) is 2.38. The molecular formula is C12H11N3O. The van der Waals surface area contributed by atoms with Crippen LogP contribution in [-0.2, 0) is 0 Å². The fourth-order valence-corrected chi connectivity index (χ4v) is 1.58. The number of carbonyl (C=O) groups is 1. The highest BCUT2D eigenvalue weighted by atomic mass is 16.1. The number of hydrogen-bond acceptors (Lipinski definition) is 3. The molecule has 4 heteroatoms. The van der Waals surface area contributed by atoms with Crippen LogP contribution in [0, 0.1) is 6.92 Å². The third kappa shape index (κ3) is 1.77. The van der Waals surface area contributed by atoms with E-state index >= 15 is 0 Å². The Morgan fingerprint density at radius 2 is 2.00 bits per heavy atom. The van der Waals surface area contributed by atoms with Gasteiger partial charge in [-0.05, 0) is 30.7 Å². The largest absolute Gasteiger partial charge is 0.364 e. The Hall–Kier alpha value is -2.23. The molecule has 1 amide bonds. The first-order valence-electron chi connectivity index (χ1n) is 4.87.